The number of hydrogen-bond acceptors (Lipinski definition) is 8. The molecule has 1 aliphatic rings. The number of rotatable bonds is 8. The number of nitriles is 2. The van der Waals surface area contributed by atoms with Gasteiger partial charge in [-0.2, -0.15) is 10.5 Å². The van der Waals surface area contributed by atoms with Crippen LogP contribution in [0, 0.1) is 34.3 Å². The van der Waals surface area contributed by atoms with Crippen molar-refractivity contribution in [3.05, 3.63) is 107 Å². The molecule has 0 aliphatic carbocycles. The first kappa shape index (κ1) is 30.8. The summed E-state index contributed by atoms with van der Waals surface area (Å²) >= 11 is 0. The van der Waals surface area contributed by atoms with Gasteiger partial charge in [-0.1, -0.05) is 36.4 Å². The zero-order valence-electron chi connectivity index (χ0n) is 24.0. The lowest BCUT2D eigenvalue weighted by Gasteiger charge is -2.34. The number of phenols is 1. The Morgan fingerprint density at radius 1 is 1.00 bits per heavy atom. The Labute approximate surface area is 258 Å². The van der Waals surface area contributed by atoms with Gasteiger partial charge in [0.1, 0.15) is 29.3 Å². The Balaban J connectivity index is 1.36. The molecule has 4 aromatic rings. The summed E-state index contributed by atoms with van der Waals surface area (Å²) in [7, 11) is 0. The molecule has 45 heavy (non-hydrogen) atoms. The maximum Gasteiger partial charge on any atom is 0.267 e. The van der Waals surface area contributed by atoms with Crippen LogP contribution >= 0.6 is 0 Å². The monoisotopic (exact) mass is 606 g/mol. The highest BCUT2D eigenvalue weighted by atomic mass is 19.1. The predicted octanol–water partition coefficient (Wildman–Crippen LogP) is 5.42. The van der Waals surface area contributed by atoms with E-state index in [-0.39, 0.29) is 17.2 Å². The fraction of sp³-hybridized carbons (Fsp3) is 0.176. The van der Waals surface area contributed by atoms with Crippen molar-refractivity contribution in [1.82, 2.24) is 15.8 Å². The fourth-order valence-electron chi connectivity index (χ4n) is 5.32. The molecule has 5 rings (SSSR count). The number of aromatic nitrogens is 1. The number of aromatic hydroxyl groups is 1. The van der Waals surface area contributed by atoms with Gasteiger partial charge in [0.15, 0.2) is 11.6 Å². The number of carbonyl (C=O) groups is 1. The number of anilines is 1. The number of hydrogen-bond donors (Lipinski definition) is 4. The van der Waals surface area contributed by atoms with E-state index in [0.717, 1.165) is 30.0 Å². The number of nitrogens with one attached hydrogen (secondary N) is 2. The number of piperidine rings is 1. The first-order valence-corrected chi connectivity index (χ1v) is 14.1. The summed E-state index contributed by atoms with van der Waals surface area (Å²) in [6.45, 7) is 1.85. The van der Waals surface area contributed by atoms with E-state index in [1.165, 1.54) is 36.5 Å². The maximum absolute atomic E-state index is 14.8. The zero-order valence-corrected chi connectivity index (χ0v) is 24.0. The minimum absolute atomic E-state index is 0.137. The third-order valence-corrected chi connectivity index (χ3v) is 7.71. The molecule has 1 saturated heterocycles. The van der Waals surface area contributed by atoms with Crippen LogP contribution in [0.5, 0.6) is 5.75 Å². The largest absolute Gasteiger partial charge is 0.505 e. The van der Waals surface area contributed by atoms with Crippen molar-refractivity contribution >= 4 is 17.8 Å². The fourth-order valence-corrected chi connectivity index (χ4v) is 5.32. The van der Waals surface area contributed by atoms with Crippen molar-refractivity contribution in [3.63, 3.8) is 0 Å². The third-order valence-electron chi connectivity index (χ3n) is 7.71. The Morgan fingerprint density at radius 3 is 2.38 bits per heavy atom. The number of nitrogens with zero attached hydrogens (tertiary/aromatic N) is 4. The van der Waals surface area contributed by atoms with E-state index in [2.05, 4.69) is 16.4 Å². The summed E-state index contributed by atoms with van der Waals surface area (Å²) in [4.78, 5) is 17.8. The summed E-state index contributed by atoms with van der Waals surface area (Å²) in [6, 6.07) is 19.8. The summed E-state index contributed by atoms with van der Waals surface area (Å²) < 4.78 is 28.6. The standard InChI is InChI=1S/C34H28F2N6O3/c35-29-9-8-23(16-31(29)43)28-20-40-34(27(18-38)33(28)24-6-7-25(17-37)30(36)15-24)42-13-11-26(12-14-42)39-19-22-3-1-21(2-4-22)5-10-32(44)41-45/h1-10,15-16,20,26,39,43,45H,11-14,19H2,(H,41,44)/b10-5+. The van der Waals surface area contributed by atoms with Crippen LogP contribution < -0.4 is 15.7 Å². The molecule has 2 heterocycles. The van der Waals surface area contributed by atoms with E-state index in [1.54, 1.807) is 23.7 Å². The molecule has 0 unspecified atom stereocenters. The smallest absolute Gasteiger partial charge is 0.267 e. The first-order valence-electron chi connectivity index (χ1n) is 14.1. The molecule has 11 heteroatoms. The summed E-state index contributed by atoms with van der Waals surface area (Å²) in [5.74, 6) is -2.28. The van der Waals surface area contributed by atoms with Crippen LogP contribution in [0.25, 0.3) is 28.3 Å². The molecule has 4 N–H and O–H groups in total. The average molecular weight is 607 g/mol. The zero-order chi connectivity index (χ0) is 31.9. The molecular weight excluding hydrogens is 578 g/mol. The second-order valence-corrected chi connectivity index (χ2v) is 10.5. The minimum Gasteiger partial charge on any atom is -0.505 e. The number of benzene rings is 3. The topological polar surface area (TPSA) is 145 Å². The van der Waals surface area contributed by atoms with Crippen molar-refractivity contribution in [1.29, 1.82) is 10.5 Å². The van der Waals surface area contributed by atoms with Crippen LogP contribution in [0.15, 0.2) is 72.9 Å². The van der Waals surface area contributed by atoms with Crippen LogP contribution in [-0.2, 0) is 11.3 Å². The van der Waals surface area contributed by atoms with Crippen molar-refractivity contribution < 1.29 is 23.9 Å². The molecule has 0 atom stereocenters. The number of carbonyl (C=O) groups excluding carboxylic acids is 1. The van der Waals surface area contributed by atoms with Crippen molar-refractivity contribution in [2.24, 2.45) is 0 Å². The Morgan fingerprint density at radius 2 is 1.73 bits per heavy atom. The van der Waals surface area contributed by atoms with Crippen LogP contribution in [-0.4, -0.2) is 40.3 Å². The molecule has 1 aliphatic heterocycles. The van der Waals surface area contributed by atoms with Gasteiger partial charge in [0.25, 0.3) is 5.91 Å². The average Bonchev–Trinajstić information content (AvgIpc) is 3.07. The minimum atomic E-state index is -0.801. The Bertz CT molecular complexity index is 1840. The van der Waals surface area contributed by atoms with Crippen LogP contribution in [0.3, 0.4) is 0 Å². The highest BCUT2D eigenvalue weighted by Crippen LogP contribution is 2.40. The molecule has 0 spiro atoms. The van der Waals surface area contributed by atoms with Crippen molar-refractivity contribution in [2.45, 2.75) is 25.4 Å². The van der Waals surface area contributed by atoms with E-state index in [4.69, 9.17) is 5.21 Å². The molecule has 0 saturated carbocycles. The molecule has 3 aromatic carbocycles. The van der Waals surface area contributed by atoms with Crippen molar-refractivity contribution in [3.8, 4) is 40.1 Å². The van der Waals surface area contributed by atoms with Gasteiger partial charge in [0.2, 0.25) is 0 Å². The van der Waals surface area contributed by atoms with Crippen LogP contribution in [0.1, 0.15) is 35.1 Å². The lowest BCUT2D eigenvalue weighted by Crippen LogP contribution is -2.42. The van der Waals surface area contributed by atoms with Gasteiger partial charge in [-0.05, 0) is 65.4 Å². The number of pyridine rings is 1. The normalized spacial score (nSPS) is 13.4. The second-order valence-electron chi connectivity index (χ2n) is 10.5. The van der Waals surface area contributed by atoms with E-state index in [1.807, 2.05) is 29.2 Å². The van der Waals surface area contributed by atoms with E-state index < -0.39 is 23.3 Å². The summed E-state index contributed by atoms with van der Waals surface area (Å²) in [5.41, 5.74) is 5.02. The van der Waals surface area contributed by atoms with Crippen molar-refractivity contribution in [2.75, 3.05) is 18.0 Å². The summed E-state index contributed by atoms with van der Waals surface area (Å²) in [5, 5.41) is 41.8. The number of hydroxylamine groups is 1. The lowest BCUT2D eigenvalue weighted by atomic mass is 9.91. The van der Waals surface area contributed by atoms with Gasteiger partial charge in [-0.3, -0.25) is 10.0 Å². The maximum atomic E-state index is 14.8. The summed E-state index contributed by atoms with van der Waals surface area (Å²) in [6.07, 6.45) is 5.92. The highest BCUT2D eigenvalue weighted by molar-refractivity contribution is 5.91. The lowest BCUT2D eigenvalue weighted by molar-refractivity contribution is -0.124. The molecule has 0 radical (unpaired) electrons. The van der Waals surface area contributed by atoms with Gasteiger partial charge in [0.05, 0.1) is 5.56 Å². The SMILES string of the molecule is N#Cc1ccc(-c2c(-c3ccc(F)c(O)c3)cnc(N3CCC(NCc4ccc(/C=C/C(=O)NO)cc4)CC3)c2C#N)cc1F. The predicted molar refractivity (Wildman–Crippen MR) is 164 cm³/mol. The van der Waals surface area contributed by atoms with E-state index in [0.29, 0.717) is 47.7 Å². The van der Waals surface area contributed by atoms with Crippen LogP contribution in [0.4, 0.5) is 14.6 Å². The van der Waals surface area contributed by atoms with E-state index in [9.17, 15) is 29.2 Å². The second kappa shape index (κ2) is 13.8. The molecule has 1 aromatic heterocycles. The molecule has 0 bridgehead atoms. The van der Waals surface area contributed by atoms with Gasteiger partial charge in [0, 0.05) is 49.1 Å². The third kappa shape index (κ3) is 6.97. The highest BCUT2D eigenvalue weighted by Gasteiger charge is 2.26. The van der Waals surface area contributed by atoms with Gasteiger partial charge in [-0.25, -0.2) is 19.2 Å². The van der Waals surface area contributed by atoms with E-state index >= 15 is 0 Å². The first-order chi connectivity index (χ1) is 21.8. The number of amides is 1. The number of phenolic OH excluding ortho intramolecular Hbond substituents is 1. The number of halogens is 2. The molecule has 1 amide bonds. The quantitative estimate of drug-likeness (QED) is 0.118. The van der Waals surface area contributed by atoms with Gasteiger partial charge < -0.3 is 15.3 Å². The Hall–Kier alpha value is -5.62. The molecule has 226 valence electrons. The van der Waals surface area contributed by atoms with Gasteiger partial charge in [-0.15, -0.1) is 0 Å². The van der Waals surface area contributed by atoms with Gasteiger partial charge >= 0.3 is 0 Å². The molecule has 1 fully saturated rings. The van der Waals surface area contributed by atoms with Crippen LogP contribution in [0.2, 0.25) is 0 Å². The Kier molecular flexibility index (Phi) is 9.44. The molecule has 9 nitrogen and oxygen atoms in total. The molecular formula is C34H28F2N6O3.